The summed E-state index contributed by atoms with van der Waals surface area (Å²) in [6, 6.07) is 6.90. The van der Waals surface area contributed by atoms with Crippen LogP contribution in [0.1, 0.15) is 55.2 Å². The van der Waals surface area contributed by atoms with Gasteiger partial charge in [-0.1, -0.05) is 29.8 Å². The number of nitrogens with one attached hydrogen (secondary N) is 1. The van der Waals surface area contributed by atoms with Crippen molar-refractivity contribution in [1.82, 2.24) is 18.8 Å². The minimum atomic E-state index is -4.04. The second-order valence-corrected chi connectivity index (χ2v) is 12.0. The van der Waals surface area contributed by atoms with Crippen molar-refractivity contribution in [3.8, 4) is 0 Å². The molecule has 10 nitrogen and oxygen atoms in total. The number of nitrogens with zero attached hydrogens (tertiary/aromatic N) is 4. The van der Waals surface area contributed by atoms with Gasteiger partial charge in [0.15, 0.2) is 6.29 Å². The molecule has 1 fully saturated rings. The molecule has 0 bridgehead atoms. The highest BCUT2D eigenvalue weighted by Gasteiger charge is 2.33. The van der Waals surface area contributed by atoms with Crippen molar-refractivity contribution in [2.24, 2.45) is 0 Å². The molecular formula is C23H32ClN5O5S. The van der Waals surface area contributed by atoms with Crippen LogP contribution in [0.4, 0.5) is 10.6 Å². The van der Waals surface area contributed by atoms with Crippen LogP contribution in [-0.2, 0) is 21.4 Å². The lowest BCUT2D eigenvalue weighted by molar-refractivity contribution is 0.0499. The van der Waals surface area contributed by atoms with Crippen LogP contribution in [0.15, 0.2) is 24.3 Å². The van der Waals surface area contributed by atoms with E-state index in [1.54, 1.807) is 32.9 Å². The zero-order valence-corrected chi connectivity index (χ0v) is 22.2. The van der Waals surface area contributed by atoms with Crippen molar-refractivity contribution in [3.63, 3.8) is 0 Å². The summed E-state index contributed by atoms with van der Waals surface area (Å²) >= 11 is 6.37. The molecule has 35 heavy (non-hydrogen) atoms. The number of rotatable bonds is 7. The third-order valence-corrected chi connectivity index (χ3v) is 7.50. The van der Waals surface area contributed by atoms with Crippen LogP contribution in [0, 0.1) is 0 Å². The number of hydrogen-bond acceptors (Lipinski definition) is 7. The summed E-state index contributed by atoms with van der Waals surface area (Å²) in [7, 11) is -1.24. The van der Waals surface area contributed by atoms with E-state index in [2.05, 4.69) is 10.4 Å². The molecule has 0 aliphatic carbocycles. The van der Waals surface area contributed by atoms with Gasteiger partial charge in [-0.25, -0.2) is 4.79 Å². The van der Waals surface area contributed by atoms with Crippen LogP contribution in [0.5, 0.6) is 0 Å². The molecule has 1 aliphatic heterocycles. The number of amides is 1. The maximum absolute atomic E-state index is 13.2. The van der Waals surface area contributed by atoms with E-state index in [9.17, 15) is 18.0 Å². The molecule has 12 heteroatoms. The van der Waals surface area contributed by atoms with Gasteiger partial charge in [-0.05, 0) is 45.2 Å². The second-order valence-electron chi connectivity index (χ2n) is 9.64. The molecule has 2 aromatic rings. The first-order chi connectivity index (χ1) is 16.3. The molecule has 3 rings (SSSR count). The Morgan fingerprint density at radius 3 is 2.60 bits per heavy atom. The third kappa shape index (κ3) is 6.33. The Balaban J connectivity index is 2.04. The molecule has 1 saturated heterocycles. The average Bonchev–Trinajstić information content (AvgIpc) is 3.13. The summed E-state index contributed by atoms with van der Waals surface area (Å²) in [5.74, 6) is 0.288. The molecule has 0 saturated carbocycles. The van der Waals surface area contributed by atoms with Gasteiger partial charge >= 0.3 is 16.3 Å². The summed E-state index contributed by atoms with van der Waals surface area (Å²) in [6.45, 7) is 6.20. The number of benzene rings is 1. The second kappa shape index (κ2) is 10.5. The van der Waals surface area contributed by atoms with E-state index >= 15 is 0 Å². The number of halogens is 1. The van der Waals surface area contributed by atoms with Gasteiger partial charge in [-0.15, -0.1) is 4.09 Å². The standard InChI is InChI=1S/C23H32ClN5O5S/c1-23(2,3)34-22(31)25-17-10-8-12-28(14-17)21-18(13-16-9-6-7-11-19(16)24)20(15-30)26-29(21)35(32,33)27(4)5/h6-7,9,11,15,17H,8,10,12-14H2,1-5H3,(H,25,31)/t17-/m1/s1. The monoisotopic (exact) mass is 525 g/mol. The van der Waals surface area contributed by atoms with Crippen LogP contribution in [-0.4, -0.2) is 73.1 Å². The van der Waals surface area contributed by atoms with E-state index in [1.807, 2.05) is 17.0 Å². The highest BCUT2D eigenvalue weighted by molar-refractivity contribution is 7.87. The maximum atomic E-state index is 13.2. The van der Waals surface area contributed by atoms with Crippen molar-refractivity contribution >= 4 is 40.0 Å². The summed E-state index contributed by atoms with van der Waals surface area (Å²) in [5, 5.41) is 7.55. The lowest BCUT2D eigenvalue weighted by Gasteiger charge is -2.35. The van der Waals surface area contributed by atoms with Gasteiger partial charge in [-0.3, -0.25) is 4.79 Å². The zero-order valence-electron chi connectivity index (χ0n) is 20.6. The Morgan fingerprint density at radius 2 is 2.00 bits per heavy atom. The van der Waals surface area contributed by atoms with Crippen LogP contribution in [0.25, 0.3) is 0 Å². The molecule has 0 spiro atoms. The average molecular weight is 526 g/mol. The Kier molecular flexibility index (Phi) is 8.13. The number of alkyl carbamates (subject to hydrolysis) is 1. The van der Waals surface area contributed by atoms with E-state index in [-0.39, 0.29) is 24.0 Å². The fraction of sp³-hybridized carbons (Fsp3) is 0.522. The lowest BCUT2D eigenvalue weighted by Crippen LogP contribution is -2.50. The number of carbonyl (C=O) groups excluding carboxylic acids is 2. The highest BCUT2D eigenvalue weighted by Crippen LogP contribution is 2.32. The van der Waals surface area contributed by atoms with E-state index in [4.69, 9.17) is 16.3 Å². The number of aromatic nitrogens is 2. The van der Waals surface area contributed by atoms with Crippen LogP contribution >= 0.6 is 11.6 Å². The summed E-state index contributed by atoms with van der Waals surface area (Å²) in [5.41, 5.74) is 0.572. The van der Waals surface area contributed by atoms with E-state index in [0.29, 0.717) is 42.8 Å². The Bertz CT molecular complexity index is 1190. The summed E-state index contributed by atoms with van der Waals surface area (Å²) < 4.78 is 33.7. The predicted octanol–water partition coefficient (Wildman–Crippen LogP) is 3.09. The molecule has 0 unspecified atom stereocenters. The van der Waals surface area contributed by atoms with Crippen molar-refractivity contribution in [2.45, 2.75) is 51.7 Å². The van der Waals surface area contributed by atoms with Crippen molar-refractivity contribution in [2.75, 3.05) is 32.1 Å². The van der Waals surface area contributed by atoms with Gasteiger partial charge in [0.05, 0.1) is 0 Å². The minimum absolute atomic E-state index is 0.0209. The fourth-order valence-corrected chi connectivity index (χ4v) is 5.07. The fourth-order valence-electron chi connectivity index (χ4n) is 3.92. The number of hydrogen-bond donors (Lipinski definition) is 1. The van der Waals surface area contributed by atoms with Gasteiger partial charge in [0.2, 0.25) is 0 Å². The Labute approximate surface area is 211 Å². The molecule has 1 amide bonds. The van der Waals surface area contributed by atoms with Crippen molar-refractivity contribution in [1.29, 1.82) is 0 Å². The highest BCUT2D eigenvalue weighted by atomic mass is 35.5. The molecule has 1 aliphatic rings. The third-order valence-electron chi connectivity index (χ3n) is 5.52. The number of anilines is 1. The van der Waals surface area contributed by atoms with Gasteiger partial charge in [0.1, 0.15) is 17.1 Å². The first kappa shape index (κ1) is 27.0. The first-order valence-corrected chi connectivity index (χ1v) is 13.1. The van der Waals surface area contributed by atoms with E-state index in [1.165, 1.54) is 14.1 Å². The van der Waals surface area contributed by atoms with Crippen molar-refractivity contribution in [3.05, 3.63) is 46.1 Å². The quantitative estimate of drug-likeness (QED) is 0.552. The van der Waals surface area contributed by atoms with Gasteiger partial charge in [0.25, 0.3) is 0 Å². The van der Waals surface area contributed by atoms with Crippen LogP contribution < -0.4 is 10.2 Å². The normalized spacial score (nSPS) is 16.9. The maximum Gasteiger partial charge on any atom is 0.407 e. The SMILES string of the molecule is CN(C)S(=O)(=O)n1nc(C=O)c(Cc2ccccc2Cl)c1N1CCC[C@@H](NC(=O)OC(C)(C)C)C1. The molecule has 0 radical (unpaired) electrons. The number of aldehydes is 1. The first-order valence-electron chi connectivity index (χ1n) is 11.3. The lowest BCUT2D eigenvalue weighted by atomic mass is 10.0. The summed E-state index contributed by atoms with van der Waals surface area (Å²) in [6.07, 6.45) is 1.62. The largest absolute Gasteiger partial charge is 0.444 e. The van der Waals surface area contributed by atoms with Crippen LogP contribution in [0.2, 0.25) is 5.02 Å². The zero-order chi connectivity index (χ0) is 26.0. The number of carbonyl (C=O) groups is 2. The molecule has 2 heterocycles. The molecule has 1 N–H and O–H groups in total. The molecule has 1 atom stereocenters. The van der Waals surface area contributed by atoms with Crippen LogP contribution in [0.3, 0.4) is 0 Å². The van der Waals surface area contributed by atoms with Gasteiger partial charge in [0, 0.05) is 50.2 Å². The number of piperidine rings is 1. The summed E-state index contributed by atoms with van der Waals surface area (Å²) in [4.78, 5) is 26.2. The predicted molar refractivity (Wildman–Crippen MR) is 134 cm³/mol. The molecule has 192 valence electrons. The molecule has 1 aromatic heterocycles. The smallest absolute Gasteiger partial charge is 0.407 e. The minimum Gasteiger partial charge on any atom is -0.444 e. The molecule has 1 aromatic carbocycles. The molecular weight excluding hydrogens is 494 g/mol. The Hall–Kier alpha value is -2.63. The Morgan fingerprint density at radius 1 is 1.31 bits per heavy atom. The van der Waals surface area contributed by atoms with Crippen molar-refractivity contribution < 1.29 is 22.7 Å². The van der Waals surface area contributed by atoms with E-state index in [0.717, 1.165) is 14.0 Å². The topological polar surface area (TPSA) is 114 Å². The van der Waals surface area contributed by atoms with Gasteiger partial charge < -0.3 is 15.0 Å². The number of ether oxygens (including phenoxy) is 1. The van der Waals surface area contributed by atoms with E-state index < -0.39 is 21.9 Å². The van der Waals surface area contributed by atoms with Gasteiger partial charge in [-0.2, -0.15) is 17.8 Å².